The van der Waals surface area contributed by atoms with Crippen molar-refractivity contribution in [3.63, 3.8) is 0 Å². The molecule has 0 atom stereocenters. The molecule has 6 aromatic rings. The van der Waals surface area contributed by atoms with Crippen molar-refractivity contribution in [1.29, 1.82) is 0 Å². The minimum Gasteiger partial charge on any atom is -0.354 e. The number of nitro benzene ring substituents is 2. The molecule has 0 bridgehead atoms. The molecular weight excluding hydrogens is 496 g/mol. The van der Waals surface area contributed by atoms with Gasteiger partial charge < -0.3 is 10.6 Å². The van der Waals surface area contributed by atoms with Gasteiger partial charge in [0.25, 0.3) is 0 Å². The van der Waals surface area contributed by atoms with Gasteiger partial charge in [0.15, 0.2) is 11.0 Å². The van der Waals surface area contributed by atoms with Gasteiger partial charge in [0.1, 0.15) is 0 Å². The van der Waals surface area contributed by atoms with Gasteiger partial charge in [0, 0.05) is 23.5 Å². The maximum absolute atomic E-state index is 11.2. The highest BCUT2D eigenvalue weighted by atomic mass is 16.6. The van der Waals surface area contributed by atoms with E-state index >= 15 is 0 Å². The molecule has 38 heavy (non-hydrogen) atoms. The van der Waals surface area contributed by atoms with E-state index in [1.165, 1.54) is 12.1 Å². The van der Waals surface area contributed by atoms with Crippen molar-refractivity contribution in [1.82, 2.24) is 20.6 Å². The Morgan fingerprint density at radius 1 is 0.526 bits per heavy atom. The van der Waals surface area contributed by atoms with Crippen LogP contribution in [0.2, 0.25) is 0 Å². The predicted octanol–water partition coefficient (Wildman–Crippen LogP) is 5.73. The molecule has 4 aromatic carbocycles. The van der Waals surface area contributed by atoms with Crippen LogP contribution in [0.25, 0.3) is 33.2 Å². The number of anilines is 4. The van der Waals surface area contributed by atoms with Crippen LogP contribution in [-0.2, 0) is 0 Å². The molecule has 2 N–H and O–H groups in total. The Labute approximate surface area is 211 Å². The van der Waals surface area contributed by atoms with Crippen molar-refractivity contribution >= 4 is 56.2 Å². The molecule has 0 radical (unpaired) electrons. The number of hydrogen-bond acceptors (Lipinski definition) is 12. The summed E-state index contributed by atoms with van der Waals surface area (Å²) in [7, 11) is 0. The highest BCUT2D eigenvalue weighted by Gasteiger charge is 2.21. The number of nitrogens with zero attached hydrogens (tertiary/aromatic N) is 6. The number of fused-ring (bicyclic) bond motifs is 2. The lowest BCUT2D eigenvalue weighted by Gasteiger charge is -2.10. The molecule has 14 heteroatoms. The first-order chi connectivity index (χ1) is 18.5. The molecule has 2 aromatic heterocycles. The number of non-ortho nitro benzene ring substituents is 2. The maximum atomic E-state index is 11.2. The summed E-state index contributed by atoms with van der Waals surface area (Å²) in [5.74, 6) is 0. The lowest BCUT2D eigenvalue weighted by Crippen LogP contribution is -1.95. The van der Waals surface area contributed by atoms with Gasteiger partial charge in [-0.3, -0.25) is 20.2 Å². The quantitative estimate of drug-likeness (QED) is 0.196. The molecule has 0 amide bonds. The Morgan fingerprint density at radius 3 is 1.26 bits per heavy atom. The van der Waals surface area contributed by atoms with Crippen molar-refractivity contribution < 1.29 is 19.1 Å². The van der Waals surface area contributed by atoms with Crippen LogP contribution in [-0.4, -0.2) is 30.5 Å². The van der Waals surface area contributed by atoms with Gasteiger partial charge >= 0.3 is 11.4 Å². The van der Waals surface area contributed by atoms with E-state index in [9.17, 15) is 20.2 Å². The second-order valence-corrected chi connectivity index (χ2v) is 8.11. The van der Waals surface area contributed by atoms with Crippen LogP contribution in [0.1, 0.15) is 0 Å². The third kappa shape index (κ3) is 3.97. The Balaban J connectivity index is 1.19. The zero-order valence-electron chi connectivity index (χ0n) is 19.1. The van der Waals surface area contributed by atoms with E-state index in [0.29, 0.717) is 11.4 Å². The number of hydrogen-bond donors (Lipinski definition) is 2. The summed E-state index contributed by atoms with van der Waals surface area (Å²) in [6.45, 7) is 0. The average molecular weight is 510 g/mol. The first kappa shape index (κ1) is 22.5. The first-order valence-electron chi connectivity index (χ1n) is 11.0. The van der Waals surface area contributed by atoms with Crippen LogP contribution in [0.3, 0.4) is 0 Å². The van der Waals surface area contributed by atoms with Crippen molar-refractivity contribution in [2.75, 3.05) is 10.6 Å². The largest absolute Gasteiger partial charge is 0.354 e. The van der Waals surface area contributed by atoms with Crippen LogP contribution in [0.15, 0.2) is 82.1 Å². The van der Waals surface area contributed by atoms with Crippen molar-refractivity contribution in [2.24, 2.45) is 0 Å². The van der Waals surface area contributed by atoms with Gasteiger partial charge in [-0.15, -0.1) is 0 Å². The molecule has 6 rings (SSSR count). The third-order valence-electron chi connectivity index (χ3n) is 5.84. The Bertz CT molecular complexity index is 1690. The Hall–Kier alpha value is -5.92. The zero-order chi connectivity index (χ0) is 26.2. The first-order valence-corrected chi connectivity index (χ1v) is 11.0. The number of nitro groups is 2. The monoisotopic (exact) mass is 510 g/mol. The number of benzene rings is 4. The highest BCUT2D eigenvalue weighted by Crippen LogP contribution is 2.33. The molecule has 0 fully saturated rings. The summed E-state index contributed by atoms with van der Waals surface area (Å²) in [5, 5.41) is 43.6. The standard InChI is InChI=1S/C24H14N8O6/c33-31(34)19-11-9-17(21-23(19)29-37-27-21)25-15-5-1-13(2-6-15)14-3-7-16(8-4-14)26-18-10-12-20(32(35)36)24-22(18)28-38-30-24/h1-12,25-26H. The van der Waals surface area contributed by atoms with E-state index < -0.39 is 9.85 Å². The maximum Gasteiger partial charge on any atom is 0.300 e. The summed E-state index contributed by atoms with van der Waals surface area (Å²) >= 11 is 0. The van der Waals surface area contributed by atoms with Gasteiger partial charge in [-0.25, -0.2) is 9.26 Å². The summed E-state index contributed by atoms with van der Waals surface area (Å²) in [6.07, 6.45) is 0. The van der Waals surface area contributed by atoms with Gasteiger partial charge in [-0.2, -0.15) is 0 Å². The molecule has 186 valence electrons. The molecule has 0 unspecified atom stereocenters. The number of aromatic nitrogens is 4. The second kappa shape index (κ2) is 8.94. The third-order valence-corrected chi connectivity index (χ3v) is 5.84. The fraction of sp³-hybridized carbons (Fsp3) is 0. The molecule has 0 aliphatic heterocycles. The van der Waals surface area contributed by atoms with Crippen LogP contribution in [0.5, 0.6) is 0 Å². The van der Waals surface area contributed by atoms with Gasteiger partial charge in [0.05, 0.1) is 21.2 Å². The van der Waals surface area contributed by atoms with E-state index in [4.69, 9.17) is 9.26 Å². The van der Waals surface area contributed by atoms with Crippen LogP contribution < -0.4 is 10.6 Å². The van der Waals surface area contributed by atoms with Crippen LogP contribution >= 0.6 is 0 Å². The summed E-state index contributed by atoms with van der Waals surface area (Å²) in [5.41, 5.74) is 4.74. The van der Waals surface area contributed by atoms with E-state index in [1.807, 2.05) is 48.5 Å². The van der Waals surface area contributed by atoms with Crippen LogP contribution in [0.4, 0.5) is 34.1 Å². The summed E-state index contributed by atoms with van der Waals surface area (Å²) in [4.78, 5) is 21.3. The molecule has 14 nitrogen and oxygen atoms in total. The minimum absolute atomic E-state index is 0.0691. The van der Waals surface area contributed by atoms with E-state index in [2.05, 4.69) is 31.3 Å². The van der Waals surface area contributed by atoms with Crippen LogP contribution in [0, 0.1) is 20.2 Å². The van der Waals surface area contributed by atoms with E-state index in [1.54, 1.807) is 12.1 Å². The minimum atomic E-state index is -0.538. The molecule has 0 saturated carbocycles. The lowest BCUT2D eigenvalue weighted by atomic mass is 10.0. The number of rotatable bonds is 7. The topological polar surface area (TPSA) is 188 Å². The molecule has 0 aliphatic carbocycles. The van der Waals surface area contributed by atoms with Crippen molar-refractivity contribution in [3.05, 3.63) is 93.0 Å². The molecular formula is C24H14N8O6. The fourth-order valence-electron chi connectivity index (χ4n) is 4.01. The van der Waals surface area contributed by atoms with Crippen molar-refractivity contribution in [2.45, 2.75) is 0 Å². The Kier molecular flexibility index (Phi) is 5.30. The normalized spacial score (nSPS) is 11.1. The van der Waals surface area contributed by atoms with Gasteiger partial charge in [0.2, 0.25) is 11.0 Å². The van der Waals surface area contributed by atoms with Gasteiger partial charge in [-0.1, -0.05) is 24.3 Å². The fourth-order valence-corrected chi connectivity index (χ4v) is 4.01. The summed E-state index contributed by atoms with van der Waals surface area (Å²) < 4.78 is 9.40. The van der Waals surface area contributed by atoms with E-state index in [-0.39, 0.29) is 33.4 Å². The number of nitrogens with one attached hydrogen (secondary N) is 2. The van der Waals surface area contributed by atoms with Crippen molar-refractivity contribution in [3.8, 4) is 11.1 Å². The predicted molar refractivity (Wildman–Crippen MR) is 135 cm³/mol. The molecule has 2 heterocycles. The zero-order valence-corrected chi connectivity index (χ0v) is 19.1. The SMILES string of the molecule is O=[N+]([O-])c1ccc(Nc2ccc(-c3ccc(Nc4ccc([N+](=O)[O-])c5nonc45)cc3)cc2)c2nonc12. The molecule has 0 saturated heterocycles. The molecule has 0 aliphatic rings. The lowest BCUT2D eigenvalue weighted by molar-refractivity contribution is -0.383. The van der Waals surface area contributed by atoms with Gasteiger partial charge in [-0.05, 0) is 68.2 Å². The average Bonchev–Trinajstić information content (AvgIpc) is 3.61. The second-order valence-electron chi connectivity index (χ2n) is 8.11. The smallest absolute Gasteiger partial charge is 0.300 e. The highest BCUT2D eigenvalue weighted by molar-refractivity contribution is 5.96. The molecule has 0 spiro atoms. The Morgan fingerprint density at radius 2 is 0.895 bits per heavy atom. The summed E-state index contributed by atoms with van der Waals surface area (Å²) in [6, 6.07) is 21.0. The van der Waals surface area contributed by atoms with E-state index in [0.717, 1.165) is 22.5 Å².